The number of rotatable bonds is 5. The van der Waals surface area contributed by atoms with Crippen LogP contribution in [0.1, 0.15) is 36.9 Å². The van der Waals surface area contributed by atoms with Crippen molar-refractivity contribution in [1.29, 1.82) is 0 Å². The van der Waals surface area contributed by atoms with E-state index in [1.165, 1.54) is 0 Å². The van der Waals surface area contributed by atoms with Gasteiger partial charge in [0, 0.05) is 25.2 Å². The van der Waals surface area contributed by atoms with Crippen LogP contribution < -0.4 is 5.32 Å². The van der Waals surface area contributed by atoms with Crippen molar-refractivity contribution in [3.8, 4) is 0 Å². The molecule has 1 saturated heterocycles. The van der Waals surface area contributed by atoms with Crippen LogP contribution in [0.2, 0.25) is 5.02 Å². The van der Waals surface area contributed by atoms with Gasteiger partial charge in [-0.25, -0.2) is 4.79 Å². The molecule has 3 aromatic rings. The van der Waals surface area contributed by atoms with Crippen LogP contribution in [0.4, 0.5) is 4.79 Å². The molecule has 0 unspecified atom stereocenters. The number of hydrogen-bond donors (Lipinski definition) is 1. The van der Waals surface area contributed by atoms with Crippen molar-refractivity contribution in [1.82, 2.24) is 15.1 Å². The molecule has 2 atom stereocenters. The van der Waals surface area contributed by atoms with E-state index >= 15 is 0 Å². The van der Waals surface area contributed by atoms with Crippen molar-refractivity contribution >= 4 is 34.3 Å². The third kappa shape index (κ3) is 4.73. The predicted molar refractivity (Wildman–Crippen MR) is 129 cm³/mol. The second-order valence-electron chi connectivity index (χ2n) is 8.41. The Kier molecular flexibility index (Phi) is 6.66. The third-order valence-electron chi connectivity index (χ3n) is 6.14. The molecule has 1 aliphatic rings. The van der Waals surface area contributed by atoms with Crippen LogP contribution in [0.5, 0.6) is 0 Å². The zero-order chi connectivity index (χ0) is 22.7. The number of likely N-dealkylation sites (N-methyl/N-ethyl adjacent to an activating group) is 1. The highest BCUT2D eigenvalue weighted by atomic mass is 35.5. The highest BCUT2D eigenvalue weighted by Crippen LogP contribution is 2.26. The van der Waals surface area contributed by atoms with Gasteiger partial charge in [-0.3, -0.25) is 4.79 Å². The van der Waals surface area contributed by atoms with Gasteiger partial charge in [-0.1, -0.05) is 66.2 Å². The largest absolute Gasteiger partial charge is 0.340 e. The van der Waals surface area contributed by atoms with E-state index in [-0.39, 0.29) is 18.0 Å². The van der Waals surface area contributed by atoms with E-state index in [2.05, 4.69) is 23.5 Å². The molecule has 1 heterocycles. The van der Waals surface area contributed by atoms with Crippen LogP contribution >= 0.6 is 11.6 Å². The van der Waals surface area contributed by atoms with E-state index in [1.54, 1.807) is 16.8 Å². The van der Waals surface area contributed by atoms with E-state index in [0.717, 1.165) is 28.3 Å². The maximum Gasteiger partial charge on any atom is 0.318 e. The third-order valence-corrected chi connectivity index (χ3v) is 6.39. The summed E-state index contributed by atoms with van der Waals surface area (Å²) in [5.41, 5.74) is 2.07. The molecule has 0 bridgehead atoms. The molecule has 0 radical (unpaired) electrons. The number of urea groups is 1. The van der Waals surface area contributed by atoms with Crippen LogP contribution in [0.3, 0.4) is 0 Å². The molecular weight excluding hydrogens is 422 g/mol. The number of nitrogens with zero attached hydrogens (tertiary/aromatic N) is 2. The number of nitrogens with one attached hydrogen (secondary N) is 1. The number of hydrogen-bond acceptors (Lipinski definition) is 2. The summed E-state index contributed by atoms with van der Waals surface area (Å²) in [5.74, 6) is -0.0367. The smallest absolute Gasteiger partial charge is 0.318 e. The number of halogens is 1. The van der Waals surface area contributed by atoms with Crippen molar-refractivity contribution in [3.63, 3.8) is 0 Å². The molecule has 3 amide bonds. The molecule has 32 heavy (non-hydrogen) atoms. The van der Waals surface area contributed by atoms with Gasteiger partial charge in [0.25, 0.3) is 0 Å². The number of amides is 3. The van der Waals surface area contributed by atoms with Gasteiger partial charge in [-0.15, -0.1) is 0 Å². The molecule has 0 aliphatic carbocycles. The van der Waals surface area contributed by atoms with Crippen LogP contribution in [0, 0.1) is 0 Å². The molecule has 0 aromatic heterocycles. The predicted octanol–water partition coefficient (Wildman–Crippen LogP) is 5.39. The summed E-state index contributed by atoms with van der Waals surface area (Å²) in [4.78, 5) is 29.6. The first-order valence-electron chi connectivity index (χ1n) is 11.0. The van der Waals surface area contributed by atoms with Crippen LogP contribution in [-0.4, -0.2) is 41.4 Å². The summed E-state index contributed by atoms with van der Waals surface area (Å²) in [5, 5.41) is 6.05. The van der Waals surface area contributed by atoms with Crippen molar-refractivity contribution in [2.75, 3.05) is 13.6 Å². The second-order valence-corrected chi connectivity index (χ2v) is 8.85. The average Bonchev–Trinajstić information content (AvgIpc) is 3.29. The van der Waals surface area contributed by atoms with Crippen molar-refractivity contribution in [2.24, 2.45) is 0 Å². The minimum absolute atomic E-state index is 0.0367. The lowest BCUT2D eigenvalue weighted by molar-refractivity contribution is -0.134. The van der Waals surface area contributed by atoms with E-state index in [0.29, 0.717) is 24.5 Å². The Morgan fingerprint density at radius 1 is 1.09 bits per heavy atom. The molecule has 0 saturated carbocycles. The molecule has 3 aromatic carbocycles. The van der Waals surface area contributed by atoms with Gasteiger partial charge >= 0.3 is 6.03 Å². The highest BCUT2D eigenvalue weighted by molar-refractivity contribution is 6.30. The topological polar surface area (TPSA) is 52.7 Å². The molecular formula is C26H28ClN3O2. The van der Waals surface area contributed by atoms with Crippen molar-refractivity contribution in [3.05, 3.63) is 82.9 Å². The Morgan fingerprint density at radius 3 is 2.59 bits per heavy atom. The summed E-state index contributed by atoms with van der Waals surface area (Å²) in [7, 11) is 1.78. The van der Waals surface area contributed by atoms with Crippen LogP contribution in [0.15, 0.2) is 66.7 Å². The van der Waals surface area contributed by atoms with E-state index in [1.807, 2.05) is 55.5 Å². The van der Waals surface area contributed by atoms with E-state index < -0.39 is 6.04 Å². The number of fused-ring (bicyclic) bond motifs is 1. The summed E-state index contributed by atoms with van der Waals surface area (Å²) < 4.78 is 0. The number of carbonyl (C=O) groups is 2. The minimum Gasteiger partial charge on any atom is -0.340 e. The number of benzene rings is 3. The standard InChI is InChI=1S/C26H28ClN3O2/c1-18(22-10-5-8-20-7-3-4-9-23(20)22)28-26(32)30-16-6-11-24(30)25(31)29(2)17-19-12-14-21(27)15-13-19/h3-5,7-10,12-15,18,24H,6,11,16-17H2,1-2H3,(H,28,32)/t18-,24-/m1/s1. The molecule has 166 valence electrons. The summed E-state index contributed by atoms with van der Waals surface area (Å²) in [6.07, 6.45) is 1.50. The first-order chi connectivity index (χ1) is 15.4. The Bertz CT molecular complexity index is 1110. The number of likely N-dealkylation sites (tertiary alicyclic amines) is 1. The zero-order valence-corrected chi connectivity index (χ0v) is 19.2. The van der Waals surface area contributed by atoms with Crippen molar-refractivity contribution in [2.45, 2.75) is 38.4 Å². The maximum absolute atomic E-state index is 13.1. The van der Waals surface area contributed by atoms with Gasteiger partial charge in [0.2, 0.25) is 5.91 Å². The Labute approximate surface area is 194 Å². The lowest BCUT2D eigenvalue weighted by atomic mass is 10.00. The van der Waals surface area contributed by atoms with Crippen LogP contribution in [0.25, 0.3) is 10.8 Å². The van der Waals surface area contributed by atoms with Gasteiger partial charge in [0.15, 0.2) is 0 Å². The second kappa shape index (κ2) is 9.61. The number of carbonyl (C=O) groups excluding carboxylic acids is 2. The minimum atomic E-state index is -0.438. The van der Waals surface area contributed by atoms with Crippen molar-refractivity contribution < 1.29 is 9.59 Å². The van der Waals surface area contributed by atoms with Gasteiger partial charge in [0.1, 0.15) is 6.04 Å². The van der Waals surface area contributed by atoms with Gasteiger partial charge in [0.05, 0.1) is 6.04 Å². The first kappa shape index (κ1) is 22.2. The van der Waals surface area contributed by atoms with Gasteiger partial charge in [-0.05, 0) is 53.8 Å². The normalized spacial score (nSPS) is 16.7. The Morgan fingerprint density at radius 2 is 1.81 bits per heavy atom. The maximum atomic E-state index is 13.1. The van der Waals surface area contributed by atoms with Crippen LogP contribution in [-0.2, 0) is 11.3 Å². The lowest BCUT2D eigenvalue weighted by Crippen LogP contribution is -2.50. The Hall–Kier alpha value is -3.05. The quantitative estimate of drug-likeness (QED) is 0.568. The summed E-state index contributed by atoms with van der Waals surface area (Å²) >= 11 is 5.95. The molecule has 0 spiro atoms. The fourth-order valence-corrected chi connectivity index (χ4v) is 4.56. The monoisotopic (exact) mass is 449 g/mol. The molecule has 1 N–H and O–H groups in total. The summed E-state index contributed by atoms with van der Waals surface area (Å²) in [6.45, 7) is 3.05. The molecule has 1 aliphatic heterocycles. The highest BCUT2D eigenvalue weighted by Gasteiger charge is 2.36. The lowest BCUT2D eigenvalue weighted by Gasteiger charge is -2.29. The van der Waals surface area contributed by atoms with E-state index in [9.17, 15) is 9.59 Å². The van der Waals surface area contributed by atoms with Gasteiger partial charge in [-0.2, -0.15) is 0 Å². The SMILES string of the molecule is C[C@@H](NC(=O)N1CCC[C@@H]1C(=O)N(C)Cc1ccc(Cl)cc1)c1cccc2ccccc12. The molecule has 4 rings (SSSR count). The average molecular weight is 450 g/mol. The zero-order valence-electron chi connectivity index (χ0n) is 18.4. The fourth-order valence-electron chi connectivity index (χ4n) is 4.44. The summed E-state index contributed by atoms with van der Waals surface area (Å²) in [6, 6.07) is 20.9. The van der Waals surface area contributed by atoms with E-state index in [4.69, 9.17) is 11.6 Å². The molecule has 5 nitrogen and oxygen atoms in total. The first-order valence-corrected chi connectivity index (χ1v) is 11.4. The molecule has 6 heteroatoms. The van der Waals surface area contributed by atoms with Gasteiger partial charge < -0.3 is 15.1 Å². The molecule has 1 fully saturated rings. The fraction of sp³-hybridized carbons (Fsp3) is 0.308. The Balaban J connectivity index is 1.43.